The van der Waals surface area contributed by atoms with E-state index in [0.29, 0.717) is 17.5 Å². The molecule has 0 bridgehead atoms. The number of rotatable bonds is 6. The van der Waals surface area contributed by atoms with Gasteiger partial charge in [-0.05, 0) is 77.0 Å². The average Bonchev–Trinajstić information content (AvgIpc) is 3.83. The highest BCUT2D eigenvalue weighted by atomic mass is 15.0. The number of hydrogen-bond donors (Lipinski definition) is 0. The van der Waals surface area contributed by atoms with Gasteiger partial charge in [0, 0.05) is 49.5 Å². The van der Waals surface area contributed by atoms with Gasteiger partial charge in [-0.2, -0.15) is 0 Å². The maximum absolute atomic E-state index is 5.29. The molecule has 9 aromatic carbocycles. The summed E-state index contributed by atoms with van der Waals surface area (Å²) >= 11 is 0. The SMILES string of the molecule is c1ccc(-c2nc(-c3ccc(-n4c5ccccc5c5cc6ccccc6cc54)c(-c4ccccc4)c3)nc(-c3ccc4c5ccccc5n(-c5ccccc5)c4c3)n2)cc1. The summed E-state index contributed by atoms with van der Waals surface area (Å²) in [5.41, 5.74) is 11.7. The third-order valence-corrected chi connectivity index (χ3v) is 11.7. The van der Waals surface area contributed by atoms with Gasteiger partial charge in [-0.3, -0.25) is 0 Å². The molecule has 3 aromatic heterocycles. The molecule has 0 atom stereocenters. The van der Waals surface area contributed by atoms with Crippen molar-refractivity contribution >= 4 is 54.4 Å². The molecule has 12 rings (SSSR count). The summed E-state index contributed by atoms with van der Waals surface area (Å²) in [4.78, 5) is 15.6. The van der Waals surface area contributed by atoms with Crippen LogP contribution in [0.4, 0.5) is 0 Å². The Hall–Kier alpha value is -8.15. The summed E-state index contributed by atoms with van der Waals surface area (Å²) in [6.07, 6.45) is 0. The highest BCUT2D eigenvalue weighted by molar-refractivity contribution is 6.14. The van der Waals surface area contributed by atoms with Crippen molar-refractivity contribution in [3.05, 3.63) is 212 Å². The molecule has 0 unspecified atom stereocenters. The van der Waals surface area contributed by atoms with Crippen LogP contribution in [0.2, 0.25) is 0 Å². The van der Waals surface area contributed by atoms with E-state index in [1.165, 1.54) is 32.3 Å². The van der Waals surface area contributed by atoms with Crippen LogP contribution in [0.3, 0.4) is 0 Å². The van der Waals surface area contributed by atoms with E-state index in [2.05, 4.69) is 203 Å². The lowest BCUT2D eigenvalue weighted by Crippen LogP contribution is -2.02. The molecule has 0 aliphatic carbocycles. The van der Waals surface area contributed by atoms with Crippen molar-refractivity contribution in [2.75, 3.05) is 0 Å². The Morgan fingerprint density at radius 2 is 0.767 bits per heavy atom. The zero-order valence-electron chi connectivity index (χ0n) is 32.4. The van der Waals surface area contributed by atoms with Gasteiger partial charge in [0.2, 0.25) is 0 Å². The van der Waals surface area contributed by atoms with E-state index < -0.39 is 0 Å². The van der Waals surface area contributed by atoms with Crippen molar-refractivity contribution in [2.45, 2.75) is 0 Å². The van der Waals surface area contributed by atoms with Crippen molar-refractivity contribution < 1.29 is 0 Å². The fourth-order valence-corrected chi connectivity index (χ4v) is 8.95. The highest BCUT2D eigenvalue weighted by Gasteiger charge is 2.20. The molecule has 0 amide bonds. The van der Waals surface area contributed by atoms with Crippen molar-refractivity contribution in [3.8, 4) is 56.7 Å². The first-order valence-corrected chi connectivity index (χ1v) is 20.3. The summed E-state index contributed by atoms with van der Waals surface area (Å²) in [6.45, 7) is 0. The number of aromatic nitrogens is 5. The number of benzene rings is 9. The molecule has 0 spiro atoms. The van der Waals surface area contributed by atoms with Gasteiger partial charge in [-0.1, -0.05) is 152 Å². The Bertz CT molecular complexity index is 3590. The molecule has 0 aliphatic rings. The van der Waals surface area contributed by atoms with Crippen LogP contribution in [-0.4, -0.2) is 24.1 Å². The normalized spacial score (nSPS) is 11.7. The summed E-state index contributed by atoms with van der Waals surface area (Å²) in [7, 11) is 0. The second-order valence-electron chi connectivity index (χ2n) is 15.3. The molecule has 0 radical (unpaired) electrons. The van der Waals surface area contributed by atoms with Gasteiger partial charge in [-0.25, -0.2) is 15.0 Å². The fraction of sp³-hybridized carbons (Fsp3) is 0. The molecular weight excluding hydrogens is 731 g/mol. The third kappa shape index (κ3) is 5.52. The lowest BCUT2D eigenvalue weighted by Gasteiger charge is -2.16. The number of nitrogens with zero attached hydrogens (tertiary/aromatic N) is 5. The monoisotopic (exact) mass is 765 g/mol. The van der Waals surface area contributed by atoms with Gasteiger partial charge in [0.15, 0.2) is 17.5 Å². The third-order valence-electron chi connectivity index (χ3n) is 11.7. The van der Waals surface area contributed by atoms with E-state index in [4.69, 9.17) is 15.0 Å². The highest BCUT2D eigenvalue weighted by Crippen LogP contribution is 2.40. The Morgan fingerprint density at radius 1 is 0.283 bits per heavy atom. The quantitative estimate of drug-likeness (QED) is 0.169. The van der Waals surface area contributed by atoms with Crippen LogP contribution in [0.5, 0.6) is 0 Å². The molecule has 0 N–H and O–H groups in total. The van der Waals surface area contributed by atoms with E-state index in [-0.39, 0.29) is 0 Å². The lowest BCUT2D eigenvalue weighted by atomic mass is 10.00. The van der Waals surface area contributed by atoms with Crippen LogP contribution >= 0.6 is 0 Å². The van der Waals surface area contributed by atoms with Crippen LogP contribution in [0.25, 0.3) is 111 Å². The number of fused-ring (bicyclic) bond motifs is 7. The van der Waals surface area contributed by atoms with Gasteiger partial charge < -0.3 is 9.13 Å². The Balaban J connectivity index is 1.09. The molecule has 280 valence electrons. The average molecular weight is 766 g/mol. The molecule has 3 heterocycles. The Morgan fingerprint density at radius 3 is 1.47 bits per heavy atom. The van der Waals surface area contributed by atoms with E-state index >= 15 is 0 Å². The first kappa shape index (κ1) is 33.9. The van der Waals surface area contributed by atoms with E-state index in [1.807, 2.05) is 18.2 Å². The molecule has 0 saturated heterocycles. The van der Waals surface area contributed by atoms with Gasteiger partial charge in [0.1, 0.15) is 0 Å². The molecule has 5 heteroatoms. The zero-order valence-corrected chi connectivity index (χ0v) is 32.4. The minimum Gasteiger partial charge on any atom is -0.309 e. The van der Waals surface area contributed by atoms with Crippen molar-refractivity contribution in [1.82, 2.24) is 24.1 Å². The first-order chi connectivity index (χ1) is 29.7. The molecule has 0 fully saturated rings. The predicted octanol–water partition coefficient (Wildman–Crippen LogP) is 13.9. The minimum atomic E-state index is 0.611. The number of hydrogen-bond acceptors (Lipinski definition) is 3. The topological polar surface area (TPSA) is 48.5 Å². The lowest BCUT2D eigenvalue weighted by molar-refractivity contribution is 1.07. The van der Waals surface area contributed by atoms with E-state index in [9.17, 15) is 0 Å². The largest absolute Gasteiger partial charge is 0.309 e. The van der Waals surface area contributed by atoms with Crippen LogP contribution in [0.1, 0.15) is 0 Å². The molecule has 5 nitrogen and oxygen atoms in total. The van der Waals surface area contributed by atoms with E-state index in [1.54, 1.807) is 0 Å². The van der Waals surface area contributed by atoms with Crippen LogP contribution < -0.4 is 0 Å². The minimum absolute atomic E-state index is 0.611. The second-order valence-corrected chi connectivity index (χ2v) is 15.3. The zero-order chi connectivity index (χ0) is 39.6. The van der Waals surface area contributed by atoms with E-state index in [0.717, 1.165) is 61.3 Å². The van der Waals surface area contributed by atoms with Crippen LogP contribution in [-0.2, 0) is 0 Å². The summed E-state index contributed by atoms with van der Waals surface area (Å²) < 4.78 is 4.75. The molecule has 0 aliphatic heterocycles. The summed E-state index contributed by atoms with van der Waals surface area (Å²) in [6, 6.07) is 75.1. The fourth-order valence-electron chi connectivity index (χ4n) is 8.95. The van der Waals surface area contributed by atoms with Crippen molar-refractivity contribution in [3.63, 3.8) is 0 Å². The molecular formula is C55H35N5. The first-order valence-electron chi connectivity index (χ1n) is 20.3. The van der Waals surface area contributed by atoms with Gasteiger partial charge in [0.25, 0.3) is 0 Å². The summed E-state index contributed by atoms with van der Waals surface area (Å²) in [5, 5.41) is 7.27. The standard InChI is InChI=1S/C55H35N5/c1-4-16-36(17-5-1)46-33-40(29-31-50(46)60-49-27-15-13-25-44(49)47-32-38-20-10-11-21-39(38)34-52(47)60)54-56-53(37-18-6-2-7-19-37)57-55(58-54)41-28-30-45-43-24-12-14-26-48(43)59(51(45)35-41)42-22-8-3-9-23-42/h1-35H. The molecule has 60 heavy (non-hydrogen) atoms. The maximum atomic E-state index is 5.29. The van der Waals surface area contributed by atoms with Gasteiger partial charge in [0.05, 0.1) is 27.8 Å². The van der Waals surface area contributed by atoms with Crippen molar-refractivity contribution in [2.24, 2.45) is 0 Å². The Labute approximate surface area is 346 Å². The molecule has 12 aromatic rings. The van der Waals surface area contributed by atoms with Gasteiger partial charge >= 0.3 is 0 Å². The van der Waals surface area contributed by atoms with Crippen LogP contribution in [0.15, 0.2) is 212 Å². The summed E-state index contributed by atoms with van der Waals surface area (Å²) in [5.74, 6) is 1.85. The van der Waals surface area contributed by atoms with Crippen LogP contribution in [0, 0.1) is 0 Å². The van der Waals surface area contributed by atoms with Crippen molar-refractivity contribution in [1.29, 1.82) is 0 Å². The molecule has 0 saturated carbocycles. The second kappa shape index (κ2) is 13.8. The predicted molar refractivity (Wildman–Crippen MR) is 248 cm³/mol. The number of para-hydroxylation sites is 3. The Kier molecular flexibility index (Phi) is 7.78. The maximum Gasteiger partial charge on any atom is 0.164 e. The van der Waals surface area contributed by atoms with Gasteiger partial charge in [-0.15, -0.1) is 0 Å². The smallest absolute Gasteiger partial charge is 0.164 e.